The molecule has 116 valence electrons. The Kier molecular flexibility index (Phi) is 4.30. The third kappa shape index (κ3) is 3.15. The molecule has 0 aliphatic heterocycles. The number of pyridine rings is 1. The van der Waals surface area contributed by atoms with E-state index in [-0.39, 0.29) is 5.56 Å². The molecule has 1 aromatic carbocycles. The molecule has 1 N–H and O–H groups in total. The Labute approximate surface area is 131 Å². The summed E-state index contributed by atoms with van der Waals surface area (Å²) in [5, 5.41) is 8.05. The summed E-state index contributed by atoms with van der Waals surface area (Å²) < 4.78 is 51.6. The fourth-order valence-electron chi connectivity index (χ4n) is 1.69. The molecule has 0 atom stereocenters. The number of hydrogen-bond acceptors (Lipinski definition) is 2. The summed E-state index contributed by atoms with van der Waals surface area (Å²) in [6, 6.07) is 2.92. The fraction of sp³-hybridized carbons (Fsp3) is 0.0769. The minimum absolute atomic E-state index is 0.175. The first-order chi connectivity index (χ1) is 10.1. The smallest absolute Gasteiger partial charge is 0.416 e. The Balaban J connectivity index is 2.62. The molecule has 2 aromatic rings. The van der Waals surface area contributed by atoms with Crippen LogP contribution >= 0.6 is 23.2 Å². The number of hydrogen-bond donors (Lipinski definition) is 1. The minimum atomic E-state index is -4.61. The first-order valence-corrected chi connectivity index (χ1v) is 6.33. The zero-order chi connectivity index (χ0) is 16.7. The summed E-state index contributed by atoms with van der Waals surface area (Å²) in [5.74, 6) is -2.51. The van der Waals surface area contributed by atoms with Gasteiger partial charge in [0.1, 0.15) is 5.69 Å². The molecular formula is C13H5Cl2F4NO2. The first-order valence-electron chi connectivity index (χ1n) is 5.57. The Morgan fingerprint density at radius 2 is 1.77 bits per heavy atom. The molecule has 3 nitrogen and oxygen atoms in total. The lowest BCUT2D eigenvalue weighted by molar-refractivity contribution is -0.137. The molecule has 1 aromatic heterocycles. The topological polar surface area (TPSA) is 50.2 Å². The normalized spacial score (nSPS) is 11.5. The highest BCUT2D eigenvalue weighted by molar-refractivity contribution is 6.34. The molecule has 9 heteroatoms. The Bertz CT molecular complexity index is 762. The quantitative estimate of drug-likeness (QED) is 0.780. The van der Waals surface area contributed by atoms with Crippen molar-refractivity contribution >= 4 is 29.2 Å². The van der Waals surface area contributed by atoms with Crippen molar-refractivity contribution in [3.63, 3.8) is 0 Å². The van der Waals surface area contributed by atoms with E-state index in [0.29, 0.717) is 18.2 Å². The monoisotopic (exact) mass is 353 g/mol. The third-order valence-corrected chi connectivity index (χ3v) is 3.28. The van der Waals surface area contributed by atoms with Gasteiger partial charge in [-0.15, -0.1) is 0 Å². The molecule has 0 amide bonds. The summed E-state index contributed by atoms with van der Waals surface area (Å²) in [4.78, 5) is 14.5. The molecular weight excluding hydrogens is 349 g/mol. The second-order valence-corrected chi connectivity index (χ2v) is 4.96. The number of aromatic carboxylic acids is 1. The van der Waals surface area contributed by atoms with E-state index >= 15 is 0 Å². The standard InChI is InChI=1S/C13H5Cl2F4NO2/c14-7-3-5(13(17,18)19)1-2-6(7)10-9(16)4-8(15)11(20-10)12(21)22/h1-4H,(H,21,22). The largest absolute Gasteiger partial charge is 0.476 e. The number of aromatic nitrogens is 1. The average molecular weight is 354 g/mol. The van der Waals surface area contributed by atoms with Crippen LogP contribution in [0, 0.1) is 5.82 Å². The lowest BCUT2D eigenvalue weighted by Crippen LogP contribution is -2.06. The summed E-state index contributed by atoms with van der Waals surface area (Å²) in [5.41, 5.74) is -2.32. The van der Waals surface area contributed by atoms with Gasteiger partial charge in [0.25, 0.3) is 0 Å². The van der Waals surface area contributed by atoms with Crippen LogP contribution in [0.5, 0.6) is 0 Å². The molecule has 0 saturated carbocycles. The van der Waals surface area contributed by atoms with Crippen molar-refractivity contribution in [2.24, 2.45) is 0 Å². The van der Waals surface area contributed by atoms with Crippen LogP contribution in [0.25, 0.3) is 11.3 Å². The van der Waals surface area contributed by atoms with Gasteiger partial charge < -0.3 is 5.11 Å². The van der Waals surface area contributed by atoms with Crippen LogP contribution < -0.4 is 0 Å². The van der Waals surface area contributed by atoms with Crippen molar-refractivity contribution < 1.29 is 27.5 Å². The second kappa shape index (κ2) is 5.73. The molecule has 0 radical (unpaired) electrons. The van der Waals surface area contributed by atoms with E-state index in [1.807, 2.05) is 0 Å². The molecule has 0 fully saturated rings. The Hall–Kier alpha value is -1.86. The van der Waals surface area contributed by atoms with Crippen LogP contribution in [0.1, 0.15) is 16.1 Å². The number of carboxylic acid groups (broad SMARTS) is 1. The third-order valence-electron chi connectivity index (χ3n) is 2.68. The molecule has 0 bridgehead atoms. The predicted octanol–water partition coefficient (Wildman–Crippen LogP) is 4.91. The van der Waals surface area contributed by atoms with Gasteiger partial charge in [-0.2, -0.15) is 13.2 Å². The van der Waals surface area contributed by atoms with Crippen LogP contribution in [0.15, 0.2) is 24.3 Å². The minimum Gasteiger partial charge on any atom is -0.476 e. The second-order valence-electron chi connectivity index (χ2n) is 4.15. The molecule has 0 saturated heterocycles. The maximum absolute atomic E-state index is 13.9. The lowest BCUT2D eigenvalue weighted by atomic mass is 10.1. The number of rotatable bonds is 2. The van der Waals surface area contributed by atoms with Crippen LogP contribution in [-0.4, -0.2) is 16.1 Å². The van der Waals surface area contributed by atoms with Crippen LogP contribution in [-0.2, 0) is 6.18 Å². The number of alkyl halides is 3. The highest BCUT2D eigenvalue weighted by Gasteiger charge is 2.31. The molecule has 1 heterocycles. The Morgan fingerprint density at radius 3 is 2.27 bits per heavy atom. The summed E-state index contributed by atoms with van der Waals surface area (Å²) in [6.45, 7) is 0. The van der Waals surface area contributed by atoms with Crippen molar-refractivity contribution in [1.82, 2.24) is 4.98 Å². The maximum Gasteiger partial charge on any atom is 0.416 e. The van der Waals surface area contributed by atoms with Gasteiger partial charge in [0.15, 0.2) is 11.5 Å². The van der Waals surface area contributed by atoms with E-state index in [1.54, 1.807) is 0 Å². The molecule has 2 rings (SSSR count). The first kappa shape index (κ1) is 16.5. The van der Waals surface area contributed by atoms with Gasteiger partial charge in [0.05, 0.1) is 15.6 Å². The highest BCUT2D eigenvalue weighted by atomic mass is 35.5. The predicted molar refractivity (Wildman–Crippen MR) is 71.6 cm³/mol. The summed E-state index contributed by atoms with van der Waals surface area (Å²) >= 11 is 11.3. The molecule has 0 spiro atoms. The van der Waals surface area contributed by atoms with E-state index in [1.165, 1.54) is 0 Å². The van der Waals surface area contributed by atoms with Gasteiger partial charge in [0.2, 0.25) is 0 Å². The van der Waals surface area contributed by atoms with Gasteiger partial charge in [-0.25, -0.2) is 14.2 Å². The number of halogens is 6. The zero-order valence-electron chi connectivity index (χ0n) is 10.4. The van der Waals surface area contributed by atoms with E-state index in [9.17, 15) is 22.4 Å². The molecule has 0 aliphatic carbocycles. The van der Waals surface area contributed by atoms with Gasteiger partial charge >= 0.3 is 12.1 Å². The van der Waals surface area contributed by atoms with E-state index in [0.717, 1.165) is 6.07 Å². The van der Waals surface area contributed by atoms with Crippen molar-refractivity contribution in [2.75, 3.05) is 0 Å². The van der Waals surface area contributed by atoms with E-state index in [2.05, 4.69) is 4.98 Å². The van der Waals surface area contributed by atoms with Crippen molar-refractivity contribution in [2.45, 2.75) is 6.18 Å². The van der Waals surface area contributed by atoms with Crippen molar-refractivity contribution in [3.8, 4) is 11.3 Å². The summed E-state index contributed by atoms with van der Waals surface area (Å²) in [7, 11) is 0. The van der Waals surface area contributed by atoms with Gasteiger partial charge in [-0.3, -0.25) is 0 Å². The highest BCUT2D eigenvalue weighted by Crippen LogP contribution is 2.36. The van der Waals surface area contributed by atoms with Crippen LogP contribution in [0.2, 0.25) is 10.0 Å². The number of carboxylic acids is 1. The number of nitrogens with zero attached hydrogens (tertiary/aromatic N) is 1. The molecule has 22 heavy (non-hydrogen) atoms. The number of carbonyl (C=O) groups is 1. The fourth-order valence-corrected chi connectivity index (χ4v) is 2.18. The lowest BCUT2D eigenvalue weighted by Gasteiger charge is -2.11. The van der Waals surface area contributed by atoms with Crippen molar-refractivity contribution in [1.29, 1.82) is 0 Å². The SMILES string of the molecule is O=C(O)c1nc(-c2ccc(C(F)(F)F)cc2Cl)c(F)cc1Cl. The van der Waals surface area contributed by atoms with Crippen LogP contribution in [0.3, 0.4) is 0 Å². The average Bonchev–Trinajstić information content (AvgIpc) is 2.38. The van der Waals surface area contributed by atoms with Gasteiger partial charge in [0, 0.05) is 5.56 Å². The van der Waals surface area contributed by atoms with Crippen molar-refractivity contribution in [3.05, 3.63) is 51.4 Å². The summed E-state index contributed by atoms with van der Waals surface area (Å²) in [6.07, 6.45) is -4.61. The van der Waals surface area contributed by atoms with E-state index < -0.39 is 45.0 Å². The number of benzene rings is 1. The van der Waals surface area contributed by atoms with E-state index in [4.69, 9.17) is 28.3 Å². The Morgan fingerprint density at radius 1 is 1.14 bits per heavy atom. The zero-order valence-corrected chi connectivity index (χ0v) is 11.9. The molecule has 0 unspecified atom stereocenters. The maximum atomic E-state index is 13.9. The van der Waals surface area contributed by atoms with Gasteiger partial charge in [-0.1, -0.05) is 29.3 Å². The molecule has 0 aliphatic rings. The van der Waals surface area contributed by atoms with Gasteiger partial charge in [-0.05, 0) is 18.2 Å². The van der Waals surface area contributed by atoms with Crippen LogP contribution in [0.4, 0.5) is 17.6 Å².